The first-order chi connectivity index (χ1) is 14.1. The van der Waals surface area contributed by atoms with E-state index in [4.69, 9.17) is 14.3 Å². The minimum Gasteiger partial charge on any atom is -0.482 e. The number of halogens is 3. The summed E-state index contributed by atoms with van der Waals surface area (Å²) in [6.45, 7) is 3.27. The fraction of sp³-hybridized carbons (Fsp3) is 0.238. The van der Waals surface area contributed by atoms with Crippen molar-refractivity contribution in [3.05, 3.63) is 65.0 Å². The Hall–Kier alpha value is -2.94. The van der Waals surface area contributed by atoms with E-state index in [9.17, 15) is 18.0 Å². The van der Waals surface area contributed by atoms with Crippen LogP contribution in [0, 0.1) is 13.8 Å². The van der Waals surface area contributed by atoms with Crippen molar-refractivity contribution in [2.45, 2.75) is 30.7 Å². The summed E-state index contributed by atoms with van der Waals surface area (Å²) in [7, 11) is 0. The number of rotatable bonds is 7. The molecule has 0 aliphatic rings. The fourth-order valence-electron chi connectivity index (χ4n) is 2.60. The Kier molecular flexibility index (Phi) is 6.40. The zero-order valence-corrected chi connectivity index (χ0v) is 16.9. The monoisotopic (exact) mass is 437 g/mol. The average Bonchev–Trinajstić information content (AvgIpc) is 3.06. The quantitative estimate of drug-likeness (QED) is 0.476. The predicted molar refractivity (Wildman–Crippen MR) is 106 cm³/mol. The Labute approximate surface area is 174 Å². The van der Waals surface area contributed by atoms with E-state index in [0.29, 0.717) is 28.5 Å². The van der Waals surface area contributed by atoms with Gasteiger partial charge in [-0.15, -0.1) is 11.8 Å². The molecule has 0 bridgehead atoms. The summed E-state index contributed by atoms with van der Waals surface area (Å²) >= 11 is 1.47. The van der Waals surface area contributed by atoms with Crippen LogP contribution in [0.5, 0.6) is 5.75 Å². The number of hydrogen-bond acceptors (Lipinski definition) is 5. The van der Waals surface area contributed by atoms with Gasteiger partial charge >= 0.3 is 12.1 Å². The Morgan fingerprint density at radius 1 is 1.17 bits per heavy atom. The number of nitrogens with zero attached hydrogens (tertiary/aromatic N) is 1. The topological polar surface area (TPSA) is 72.6 Å². The van der Waals surface area contributed by atoms with Gasteiger partial charge in [-0.25, -0.2) is 9.78 Å². The Morgan fingerprint density at radius 3 is 2.50 bits per heavy atom. The van der Waals surface area contributed by atoms with Crippen molar-refractivity contribution >= 4 is 17.7 Å². The van der Waals surface area contributed by atoms with Crippen molar-refractivity contribution < 1.29 is 32.2 Å². The van der Waals surface area contributed by atoms with Crippen LogP contribution in [0.2, 0.25) is 0 Å². The SMILES string of the molecule is Cc1ccc(OCC(=O)O)cc1SCc1oc(-c2ccc(C(F)(F)F)cc2)nc1C. The van der Waals surface area contributed by atoms with Crippen molar-refractivity contribution in [2.24, 2.45) is 0 Å². The summed E-state index contributed by atoms with van der Waals surface area (Å²) in [5.41, 5.74) is 1.37. The largest absolute Gasteiger partial charge is 0.482 e. The minimum absolute atomic E-state index is 0.257. The molecule has 1 N–H and O–H groups in total. The molecule has 3 rings (SSSR count). The first-order valence-electron chi connectivity index (χ1n) is 8.85. The van der Waals surface area contributed by atoms with E-state index in [1.807, 2.05) is 13.0 Å². The Morgan fingerprint density at radius 2 is 1.87 bits per heavy atom. The summed E-state index contributed by atoms with van der Waals surface area (Å²) in [4.78, 5) is 15.9. The van der Waals surface area contributed by atoms with E-state index in [-0.39, 0.29) is 5.89 Å². The third kappa shape index (κ3) is 5.35. The van der Waals surface area contributed by atoms with Crippen LogP contribution >= 0.6 is 11.8 Å². The zero-order chi connectivity index (χ0) is 21.9. The van der Waals surface area contributed by atoms with Crippen LogP contribution in [-0.2, 0) is 16.7 Å². The number of carboxylic acids is 1. The van der Waals surface area contributed by atoms with E-state index in [0.717, 1.165) is 22.6 Å². The van der Waals surface area contributed by atoms with Crippen LogP contribution in [0.4, 0.5) is 13.2 Å². The third-order valence-corrected chi connectivity index (χ3v) is 5.39. The number of thioether (sulfide) groups is 1. The maximum absolute atomic E-state index is 12.7. The van der Waals surface area contributed by atoms with E-state index in [1.54, 1.807) is 19.1 Å². The van der Waals surface area contributed by atoms with Crippen LogP contribution in [0.3, 0.4) is 0 Å². The van der Waals surface area contributed by atoms with Gasteiger partial charge in [0.15, 0.2) is 6.61 Å². The number of ether oxygens (including phenoxy) is 1. The van der Waals surface area contributed by atoms with Crippen LogP contribution < -0.4 is 4.74 Å². The van der Waals surface area contributed by atoms with Crippen LogP contribution in [-0.4, -0.2) is 22.7 Å². The molecule has 3 aromatic rings. The molecule has 0 radical (unpaired) electrons. The van der Waals surface area contributed by atoms with Crippen molar-refractivity contribution in [1.29, 1.82) is 0 Å². The third-order valence-electron chi connectivity index (χ3n) is 4.23. The highest BCUT2D eigenvalue weighted by atomic mass is 32.2. The summed E-state index contributed by atoms with van der Waals surface area (Å²) in [6, 6.07) is 9.94. The zero-order valence-electron chi connectivity index (χ0n) is 16.1. The molecular weight excluding hydrogens is 419 g/mol. The molecule has 0 fully saturated rings. The number of oxazole rings is 1. The van der Waals surface area contributed by atoms with Gasteiger partial charge in [-0.05, 0) is 55.8 Å². The average molecular weight is 437 g/mol. The number of carbonyl (C=O) groups is 1. The van der Waals surface area contributed by atoms with E-state index in [1.165, 1.54) is 23.9 Å². The molecule has 158 valence electrons. The Balaban J connectivity index is 1.72. The van der Waals surface area contributed by atoms with Gasteiger partial charge in [-0.1, -0.05) is 6.07 Å². The van der Waals surface area contributed by atoms with Crippen LogP contribution in [0.15, 0.2) is 51.8 Å². The smallest absolute Gasteiger partial charge is 0.416 e. The Bertz CT molecular complexity index is 1050. The lowest BCUT2D eigenvalue weighted by molar-refractivity contribution is -0.139. The molecule has 0 unspecified atom stereocenters. The molecule has 30 heavy (non-hydrogen) atoms. The molecule has 0 saturated heterocycles. The molecule has 0 aliphatic heterocycles. The lowest BCUT2D eigenvalue weighted by Crippen LogP contribution is -2.09. The summed E-state index contributed by atoms with van der Waals surface area (Å²) in [5, 5.41) is 8.73. The number of benzene rings is 2. The van der Waals surface area contributed by atoms with Crippen LogP contribution in [0.1, 0.15) is 22.6 Å². The molecule has 0 aliphatic carbocycles. The minimum atomic E-state index is -4.40. The molecular formula is C21H18F3NO4S. The van der Waals surface area contributed by atoms with Crippen molar-refractivity contribution in [2.75, 3.05) is 6.61 Å². The second-order valence-corrected chi connectivity index (χ2v) is 7.52. The molecule has 9 heteroatoms. The van der Waals surface area contributed by atoms with Crippen molar-refractivity contribution in [1.82, 2.24) is 4.98 Å². The summed E-state index contributed by atoms with van der Waals surface area (Å²) < 4.78 is 49.1. The number of aryl methyl sites for hydroxylation is 2. The maximum atomic E-state index is 12.7. The molecule has 5 nitrogen and oxygen atoms in total. The highest BCUT2D eigenvalue weighted by Crippen LogP contribution is 2.33. The summed E-state index contributed by atoms with van der Waals surface area (Å²) in [6.07, 6.45) is -4.40. The highest BCUT2D eigenvalue weighted by Gasteiger charge is 2.30. The summed E-state index contributed by atoms with van der Waals surface area (Å²) in [5.74, 6) is 0.698. The van der Waals surface area contributed by atoms with Gasteiger partial charge in [-0.2, -0.15) is 13.2 Å². The standard InChI is InChI=1S/C21H18F3NO4S/c1-12-3-8-16(28-10-19(26)27)9-18(12)30-11-17-13(2)25-20(29-17)14-4-6-15(7-5-14)21(22,23)24/h3-9H,10-11H2,1-2H3,(H,26,27). The van der Waals surface area contributed by atoms with Crippen molar-refractivity contribution in [3.8, 4) is 17.2 Å². The normalized spacial score (nSPS) is 11.5. The van der Waals surface area contributed by atoms with Gasteiger partial charge in [0.2, 0.25) is 5.89 Å². The van der Waals surface area contributed by atoms with Crippen molar-refractivity contribution in [3.63, 3.8) is 0 Å². The number of alkyl halides is 3. The number of carboxylic acid groups (broad SMARTS) is 1. The predicted octanol–water partition coefficient (Wildman–Crippen LogP) is 5.73. The number of aromatic nitrogens is 1. The fourth-order valence-corrected chi connectivity index (χ4v) is 3.65. The molecule has 2 aromatic carbocycles. The van der Waals surface area contributed by atoms with E-state index >= 15 is 0 Å². The first-order valence-corrected chi connectivity index (χ1v) is 9.84. The van der Waals surface area contributed by atoms with E-state index in [2.05, 4.69) is 4.98 Å². The molecule has 1 heterocycles. The molecule has 0 amide bonds. The maximum Gasteiger partial charge on any atom is 0.416 e. The lowest BCUT2D eigenvalue weighted by Gasteiger charge is -2.08. The molecule has 0 atom stereocenters. The second-order valence-electron chi connectivity index (χ2n) is 6.50. The van der Waals surface area contributed by atoms with Crippen LogP contribution in [0.25, 0.3) is 11.5 Å². The van der Waals surface area contributed by atoms with Gasteiger partial charge in [0.05, 0.1) is 17.0 Å². The molecule has 0 saturated carbocycles. The highest BCUT2D eigenvalue weighted by molar-refractivity contribution is 7.98. The number of hydrogen-bond donors (Lipinski definition) is 1. The van der Waals surface area contributed by atoms with Gasteiger partial charge in [0.1, 0.15) is 11.5 Å². The first kappa shape index (κ1) is 21.8. The number of aliphatic carboxylic acids is 1. The molecule has 1 aromatic heterocycles. The van der Waals surface area contributed by atoms with Gasteiger partial charge in [-0.3, -0.25) is 0 Å². The van der Waals surface area contributed by atoms with E-state index < -0.39 is 24.3 Å². The second kappa shape index (κ2) is 8.83. The van der Waals surface area contributed by atoms with Gasteiger partial charge in [0.25, 0.3) is 0 Å². The van der Waals surface area contributed by atoms with Gasteiger partial charge < -0.3 is 14.3 Å². The van der Waals surface area contributed by atoms with Gasteiger partial charge in [0, 0.05) is 10.5 Å². The lowest BCUT2D eigenvalue weighted by atomic mass is 10.1. The molecule has 0 spiro atoms.